The summed E-state index contributed by atoms with van der Waals surface area (Å²) in [5.41, 5.74) is 2.69. The number of fused-ring (bicyclic) bond motifs is 1. The molecule has 1 heterocycles. The van der Waals surface area contributed by atoms with Gasteiger partial charge in [0.15, 0.2) is 0 Å². The highest BCUT2D eigenvalue weighted by Crippen LogP contribution is 2.28. The van der Waals surface area contributed by atoms with Crippen LogP contribution in [-0.2, 0) is 0 Å². The predicted octanol–water partition coefficient (Wildman–Crippen LogP) is 3.45. The molecule has 0 aliphatic rings. The number of carboxylic acid groups (broad SMARTS) is 1. The minimum absolute atomic E-state index is 0.308. The van der Waals surface area contributed by atoms with Crippen LogP contribution < -0.4 is 0 Å². The van der Waals surface area contributed by atoms with Gasteiger partial charge in [-0.25, -0.2) is 9.78 Å². The number of rotatable bonds is 3. The lowest BCUT2D eigenvalue weighted by molar-refractivity contribution is 0.0693. The summed E-state index contributed by atoms with van der Waals surface area (Å²) in [4.78, 5) is 16.6. The zero-order valence-electron chi connectivity index (χ0n) is 10.8. The Kier molecular flexibility index (Phi) is 3.20. The summed E-state index contributed by atoms with van der Waals surface area (Å²) in [5, 5.41) is 9.50. The molecule has 3 aromatic rings. The molecule has 0 aliphatic heterocycles. The fraction of sp³-hybridized carbons (Fsp3) is 0.0667. The van der Waals surface area contributed by atoms with Crippen LogP contribution in [0.1, 0.15) is 10.4 Å². The van der Waals surface area contributed by atoms with Crippen LogP contribution in [0, 0.1) is 0 Å². The van der Waals surface area contributed by atoms with Gasteiger partial charge < -0.3 is 5.11 Å². The lowest BCUT2D eigenvalue weighted by atomic mass is 10.1. The molecule has 0 unspecified atom stereocenters. The third-order valence-electron chi connectivity index (χ3n) is 3.15. The van der Waals surface area contributed by atoms with Gasteiger partial charge in [-0.05, 0) is 30.5 Å². The van der Waals surface area contributed by atoms with E-state index in [9.17, 15) is 9.90 Å². The molecule has 4 nitrogen and oxygen atoms in total. The molecule has 0 aliphatic carbocycles. The van der Waals surface area contributed by atoms with Crippen molar-refractivity contribution in [1.29, 1.82) is 0 Å². The standard InChI is InChI=1S/C15H12N2O2S/c1-20-13-8-4-7-12(14(13)15(18)19)17-9-16-10-5-2-3-6-11(10)17/h2-9H,1H3,(H,18,19). The van der Waals surface area contributed by atoms with E-state index in [4.69, 9.17) is 0 Å². The smallest absolute Gasteiger partial charge is 0.338 e. The maximum absolute atomic E-state index is 11.6. The Morgan fingerprint density at radius 1 is 1.20 bits per heavy atom. The Labute approximate surface area is 120 Å². The summed E-state index contributed by atoms with van der Waals surface area (Å²) < 4.78 is 1.82. The number of hydrogen-bond acceptors (Lipinski definition) is 3. The second-order valence-electron chi connectivity index (χ2n) is 4.26. The Bertz CT molecular complexity index is 795. The van der Waals surface area contributed by atoms with Gasteiger partial charge in [0.05, 0.1) is 22.3 Å². The minimum Gasteiger partial charge on any atom is -0.478 e. The number of aromatic nitrogens is 2. The highest BCUT2D eigenvalue weighted by atomic mass is 32.2. The van der Waals surface area contributed by atoms with Gasteiger partial charge in [-0.1, -0.05) is 18.2 Å². The van der Waals surface area contributed by atoms with Crippen LogP contribution in [0.15, 0.2) is 53.7 Å². The normalized spacial score (nSPS) is 10.8. The zero-order valence-corrected chi connectivity index (χ0v) is 11.6. The van der Waals surface area contributed by atoms with Gasteiger partial charge in [0.25, 0.3) is 0 Å². The van der Waals surface area contributed by atoms with Crippen LogP contribution >= 0.6 is 11.8 Å². The molecule has 5 heteroatoms. The van der Waals surface area contributed by atoms with Crippen LogP contribution in [0.25, 0.3) is 16.7 Å². The third kappa shape index (κ3) is 1.96. The zero-order chi connectivity index (χ0) is 14.1. The Hall–Kier alpha value is -2.27. The molecule has 1 N–H and O–H groups in total. The minimum atomic E-state index is -0.928. The molecule has 0 fully saturated rings. The molecule has 0 saturated carbocycles. The first kappa shape index (κ1) is 12.7. The molecule has 0 amide bonds. The van der Waals surface area contributed by atoms with Crippen LogP contribution in [0.5, 0.6) is 0 Å². The highest BCUT2D eigenvalue weighted by Gasteiger charge is 2.17. The number of benzene rings is 2. The Morgan fingerprint density at radius 3 is 2.75 bits per heavy atom. The first-order valence-corrected chi connectivity index (χ1v) is 7.27. The van der Waals surface area contributed by atoms with Crippen LogP contribution in [0.3, 0.4) is 0 Å². The predicted molar refractivity (Wildman–Crippen MR) is 79.8 cm³/mol. The van der Waals surface area contributed by atoms with Gasteiger partial charge in [-0.15, -0.1) is 11.8 Å². The lowest BCUT2D eigenvalue weighted by Gasteiger charge is -2.11. The Balaban J connectivity index is 2.32. The molecule has 100 valence electrons. The van der Waals surface area contributed by atoms with E-state index in [1.54, 1.807) is 12.4 Å². The summed E-state index contributed by atoms with van der Waals surface area (Å²) >= 11 is 1.43. The highest BCUT2D eigenvalue weighted by molar-refractivity contribution is 7.98. The first-order valence-electron chi connectivity index (χ1n) is 6.05. The quantitative estimate of drug-likeness (QED) is 0.748. The summed E-state index contributed by atoms with van der Waals surface area (Å²) in [7, 11) is 0. The number of carboxylic acids is 1. The summed E-state index contributed by atoms with van der Waals surface area (Å²) in [6.45, 7) is 0. The van der Waals surface area contributed by atoms with Crippen molar-refractivity contribution in [3.63, 3.8) is 0 Å². The van der Waals surface area contributed by atoms with Crippen molar-refractivity contribution < 1.29 is 9.90 Å². The van der Waals surface area contributed by atoms with E-state index < -0.39 is 5.97 Å². The molecule has 2 aromatic carbocycles. The molecule has 3 rings (SSSR count). The molecule has 0 spiro atoms. The number of imidazole rings is 1. The van der Waals surface area contributed by atoms with Crippen molar-refractivity contribution in [2.45, 2.75) is 4.90 Å². The van der Waals surface area contributed by atoms with E-state index >= 15 is 0 Å². The van der Waals surface area contributed by atoms with Crippen LogP contribution in [-0.4, -0.2) is 26.9 Å². The van der Waals surface area contributed by atoms with Crippen molar-refractivity contribution in [2.75, 3.05) is 6.26 Å². The number of nitrogens with zero attached hydrogens (tertiary/aromatic N) is 2. The monoisotopic (exact) mass is 284 g/mol. The summed E-state index contributed by atoms with van der Waals surface area (Å²) in [6.07, 6.45) is 3.54. The SMILES string of the molecule is CSc1cccc(-n2cnc3ccccc32)c1C(=O)O. The van der Waals surface area contributed by atoms with E-state index in [1.165, 1.54) is 11.8 Å². The molecule has 0 bridgehead atoms. The van der Waals surface area contributed by atoms with Gasteiger partial charge >= 0.3 is 5.97 Å². The van der Waals surface area contributed by atoms with Gasteiger partial charge in [-0.2, -0.15) is 0 Å². The number of thioether (sulfide) groups is 1. The van der Waals surface area contributed by atoms with Crippen molar-refractivity contribution in [3.8, 4) is 5.69 Å². The average Bonchev–Trinajstić information content (AvgIpc) is 2.90. The summed E-state index contributed by atoms with van der Waals surface area (Å²) in [6, 6.07) is 13.1. The van der Waals surface area contributed by atoms with Crippen molar-refractivity contribution >= 4 is 28.8 Å². The van der Waals surface area contributed by atoms with Gasteiger partial charge in [0.2, 0.25) is 0 Å². The second-order valence-corrected chi connectivity index (χ2v) is 5.11. The molecule has 0 atom stereocenters. The number of carbonyl (C=O) groups is 1. The molecule has 0 saturated heterocycles. The maximum atomic E-state index is 11.6. The molecular weight excluding hydrogens is 272 g/mol. The molecular formula is C15H12N2O2S. The second kappa shape index (κ2) is 5.02. The van der Waals surface area contributed by atoms with Gasteiger partial charge in [-0.3, -0.25) is 4.57 Å². The lowest BCUT2D eigenvalue weighted by Crippen LogP contribution is -2.06. The largest absolute Gasteiger partial charge is 0.478 e. The van der Waals surface area contributed by atoms with Crippen molar-refractivity contribution in [3.05, 3.63) is 54.4 Å². The maximum Gasteiger partial charge on any atom is 0.338 e. The third-order valence-corrected chi connectivity index (χ3v) is 3.93. The van der Waals surface area contributed by atoms with Crippen LogP contribution in [0.4, 0.5) is 0 Å². The number of para-hydroxylation sites is 2. The van der Waals surface area contributed by atoms with E-state index in [-0.39, 0.29) is 0 Å². The van der Waals surface area contributed by atoms with E-state index in [2.05, 4.69) is 4.98 Å². The van der Waals surface area contributed by atoms with Gasteiger partial charge in [0, 0.05) is 4.90 Å². The van der Waals surface area contributed by atoms with Crippen molar-refractivity contribution in [1.82, 2.24) is 9.55 Å². The number of hydrogen-bond donors (Lipinski definition) is 1. The summed E-state index contributed by atoms with van der Waals surface area (Å²) in [5.74, 6) is -0.928. The van der Waals surface area contributed by atoms with Crippen molar-refractivity contribution in [2.24, 2.45) is 0 Å². The first-order chi connectivity index (χ1) is 9.72. The molecule has 20 heavy (non-hydrogen) atoms. The van der Waals surface area contributed by atoms with E-state index in [1.807, 2.05) is 47.2 Å². The van der Waals surface area contributed by atoms with Crippen LogP contribution in [0.2, 0.25) is 0 Å². The van der Waals surface area contributed by atoms with Gasteiger partial charge in [0.1, 0.15) is 6.33 Å². The van der Waals surface area contributed by atoms with E-state index in [0.717, 1.165) is 15.9 Å². The fourth-order valence-electron chi connectivity index (χ4n) is 2.26. The Morgan fingerprint density at radius 2 is 2.00 bits per heavy atom. The number of aromatic carboxylic acids is 1. The van der Waals surface area contributed by atoms with E-state index in [0.29, 0.717) is 11.3 Å². The fourth-order valence-corrected chi connectivity index (χ4v) is 2.87. The topological polar surface area (TPSA) is 55.1 Å². The average molecular weight is 284 g/mol. The molecule has 1 aromatic heterocycles. The molecule has 0 radical (unpaired) electrons.